The van der Waals surface area contributed by atoms with Gasteiger partial charge in [0.05, 0.1) is 17.6 Å². The summed E-state index contributed by atoms with van der Waals surface area (Å²) < 4.78 is 31.3. The molecule has 1 atom stereocenters. The van der Waals surface area contributed by atoms with Gasteiger partial charge in [0, 0.05) is 19.1 Å². The summed E-state index contributed by atoms with van der Waals surface area (Å²) >= 11 is 0. The Morgan fingerprint density at radius 3 is 2.50 bits per heavy atom. The highest BCUT2D eigenvalue weighted by molar-refractivity contribution is 7.89. The second-order valence-corrected chi connectivity index (χ2v) is 6.94. The van der Waals surface area contributed by atoms with Crippen molar-refractivity contribution in [3.63, 3.8) is 0 Å². The Morgan fingerprint density at radius 1 is 1.32 bits per heavy atom. The minimum atomic E-state index is -3.51. The highest BCUT2D eigenvalue weighted by Crippen LogP contribution is 2.21. The van der Waals surface area contributed by atoms with Gasteiger partial charge in [-0.25, -0.2) is 13.2 Å². The number of benzene rings is 1. The summed E-state index contributed by atoms with van der Waals surface area (Å²) in [4.78, 5) is 11.6. The van der Waals surface area contributed by atoms with Crippen LogP contribution in [-0.4, -0.2) is 52.0 Å². The van der Waals surface area contributed by atoms with Gasteiger partial charge in [0.2, 0.25) is 10.0 Å². The zero-order valence-electron chi connectivity index (χ0n) is 12.6. The predicted molar refractivity (Wildman–Crippen MR) is 85.9 cm³/mol. The van der Waals surface area contributed by atoms with Gasteiger partial charge in [0.25, 0.3) is 0 Å². The molecule has 1 aliphatic heterocycles. The van der Waals surface area contributed by atoms with E-state index < -0.39 is 16.0 Å². The molecule has 1 heterocycles. The van der Waals surface area contributed by atoms with Crippen LogP contribution in [0.25, 0.3) is 0 Å². The molecule has 8 heteroatoms. The van der Waals surface area contributed by atoms with E-state index in [0.29, 0.717) is 18.7 Å². The lowest BCUT2D eigenvalue weighted by Crippen LogP contribution is -2.46. The molecular formula is C14H21ClN2O4S. The molecule has 0 bridgehead atoms. The van der Waals surface area contributed by atoms with E-state index >= 15 is 0 Å². The molecule has 2 rings (SSSR count). The Bertz CT molecular complexity index is 604. The Morgan fingerprint density at radius 2 is 1.95 bits per heavy atom. The van der Waals surface area contributed by atoms with Crippen LogP contribution in [0.4, 0.5) is 0 Å². The monoisotopic (exact) mass is 348 g/mol. The first kappa shape index (κ1) is 18.9. The van der Waals surface area contributed by atoms with Crippen molar-refractivity contribution in [1.29, 1.82) is 0 Å². The number of hydrogen-bond donors (Lipinski definition) is 1. The average molecular weight is 349 g/mol. The molecule has 0 aromatic heterocycles. The summed E-state index contributed by atoms with van der Waals surface area (Å²) in [6.45, 7) is 0.997. The van der Waals surface area contributed by atoms with Crippen LogP contribution < -0.4 is 5.32 Å². The number of esters is 1. The summed E-state index contributed by atoms with van der Waals surface area (Å²) in [7, 11) is -0.383. The van der Waals surface area contributed by atoms with Gasteiger partial charge < -0.3 is 10.1 Å². The third-order valence-corrected chi connectivity index (χ3v) is 5.58. The van der Waals surface area contributed by atoms with Crippen LogP contribution in [0, 0.1) is 0 Å². The summed E-state index contributed by atoms with van der Waals surface area (Å²) in [5, 5.41) is 3.12. The van der Waals surface area contributed by atoms with Gasteiger partial charge in [0.1, 0.15) is 0 Å². The highest BCUT2D eigenvalue weighted by atomic mass is 35.5. The van der Waals surface area contributed by atoms with Crippen molar-refractivity contribution in [3.05, 3.63) is 29.8 Å². The lowest BCUT2D eigenvalue weighted by atomic mass is 10.1. The van der Waals surface area contributed by atoms with E-state index in [9.17, 15) is 13.2 Å². The molecule has 0 amide bonds. The number of carbonyl (C=O) groups excluding carboxylic acids is 1. The Hall–Kier alpha value is -1.15. The fraction of sp³-hybridized carbons (Fsp3) is 0.500. The molecule has 1 unspecified atom stereocenters. The van der Waals surface area contributed by atoms with E-state index in [1.807, 2.05) is 7.05 Å². The summed E-state index contributed by atoms with van der Waals surface area (Å²) in [5.74, 6) is -0.479. The number of nitrogens with zero attached hydrogens (tertiary/aromatic N) is 1. The van der Waals surface area contributed by atoms with Crippen molar-refractivity contribution >= 4 is 28.4 Å². The maximum absolute atomic E-state index is 12.6. The Balaban J connectivity index is 0.00000242. The number of halogens is 1. The molecular weight excluding hydrogens is 328 g/mol. The van der Waals surface area contributed by atoms with Gasteiger partial charge in [-0.05, 0) is 44.2 Å². The molecule has 0 spiro atoms. The minimum absolute atomic E-state index is 0. The zero-order chi connectivity index (χ0) is 15.5. The van der Waals surface area contributed by atoms with Crippen LogP contribution >= 0.6 is 12.4 Å². The summed E-state index contributed by atoms with van der Waals surface area (Å²) in [6.07, 6.45) is 1.81. The van der Waals surface area contributed by atoms with E-state index in [4.69, 9.17) is 0 Å². The van der Waals surface area contributed by atoms with Crippen molar-refractivity contribution in [3.8, 4) is 0 Å². The molecule has 1 saturated heterocycles. The SMILES string of the molecule is CNC1CCCN(S(=O)(=O)c2ccc(C(=O)OC)cc2)C1.Cl. The van der Waals surface area contributed by atoms with Gasteiger partial charge in [-0.1, -0.05) is 0 Å². The number of hydrogen-bond acceptors (Lipinski definition) is 5. The summed E-state index contributed by atoms with van der Waals surface area (Å²) in [5.41, 5.74) is 0.336. The molecule has 1 aliphatic rings. The first-order chi connectivity index (χ1) is 9.98. The van der Waals surface area contributed by atoms with Crippen molar-refractivity contribution in [1.82, 2.24) is 9.62 Å². The van der Waals surface area contributed by atoms with Crippen LogP contribution in [0.3, 0.4) is 0 Å². The van der Waals surface area contributed by atoms with Crippen LogP contribution in [0.2, 0.25) is 0 Å². The zero-order valence-corrected chi connectivity index (χ0v) is 14.2. The average Bonchev–Trinajstić information content (AvgIpc) is 2.54. The maximum Gasteiger partial charge on any atom is 0.337 e. The third-order valence-electron chi connectivity index (χ3n) is 3.71. The fourth-order valence-electron chi connectivity index (χ4n) is 2.43. The fourth-order valence-corrected chi connectivity index (χ4v) is 3.95. The number of sulfonamides is 1. The molecule has 22 heavy (non-hydrogen) atoms. The summed E-state index contributed by atoms with van der Waals surface area (Å²) in [6, 6.07) is 6.02. The molecule has 0 radical (unpaired) electrons. The van der Waals surface area contributed by atoms with E-state index in [-0.39, 0.29) is 23.3 Å². The van der Waals surface area contributed by atoms with Crippen molar-refractivity contribution < 1.29 is 17.9 Å². The van der Waals surface area contributed by atoms with Crippen molar-refractivity contribution in [2.75, 3.05) is 27.2 Å². The van der Waals surface area contributed by atoms with Gasteiger partial charge in [0.15, 0.2) is 0 Å². The van der Waals surface area contributed by atoms with Gasteiger partial charge in [-0.2, -0.15) is 4.31 Å². The lowest BCUT2D eigenvalue weighted by molar-refractivity contribution is 0.0600. The minimum Gasteiger partial charge on any atom is -0.465 e. The van der Waals surface area contributed by atoms with E-state index in [0.717, 1.165) is 12.8 Å². The Kier molecular flexibility index (Phi) is 6.80. The molecule has 6 nitrogen and oxygen atoms in total. The predicted octanol–water partition coefficient (Wildman–Crippen LogP) is 1.27. The maximum atomic E-state index is 12.6. The first-order valence-corrected chi connectivity index (χ1v) is 8.29. The molecule has 1 aromatic carbocycles. The van der Waals surface area contributed by atoms with Crippen LogP contribution in [0.15, 0.2) is 29.2 Å². The molecule has 1 N–H and O–H groups in total. The first-order valence-electron chi connectivity index (χ1n) is 6.85. The van der Waals surface area contributed by atoms with Gasteiger partial charge in [-0.3, -0.25) is 0 Å². The Labute approximate surface area is 137 Å². The van der Waals surface area contributed by atoms with Gasteiger partial charge >= 0.3 is 5.97 Å². The second kappa shape index (κ2) is 7.92. The van der Waals surface area contributed by atoms with Crippen LogP contribution in [0.1, 0.15) is 23.2 Å². The quantitative estimate of drug-likeness (QED) is 0.829. The molecule has 124 valence electrons. The lowest BCUT2D eigenvalue weighted by Gasteiger charge is -2.31. The smallest absolute Gasteiger partial charge is 0.337 e. The van der Waals surface area contributed by atoms with Crippen molar-refractivity contribution in [2.24, 2.45) is 0 Å². The number of rotatable bonds is 4. The molecule has 0 saturated carbocycles. The number of carbonyl (C=O) groups is 1. The standard InChI is InChI=1S/C14H20N2O4S.ClH/c1-15-12-4-3-9-16(10-12)21(18,19)13-7-5-11(6-8-13)14(17)20-2;/h5-8,12,15H,3-4,9-10H2,1-2H3;1H. The number of likely N-dealkylation sites (N-methyl/N-ethyl adjacent to an activating group) is 1. The number of ether oxygens (including phenoxy) is 1. The van der Waals surface area contributed by atoms with Gasteiger partial charge in [-0.15, -0.1) is 12.4 Å². The van der Waals surface area contributed by atoms with Crippen molar-refractivity contribution in [2.45, 2.75) is 23.8 Å². The second-order valence-electron chi connectivity index (χ2n) is 5.01. The normalized spacial score (nSPS) is 19.3. The number of methoxy groups -OCH3 is 1. The third kappa shape index (κ3) is 3.98. The van der Waals surface area contributed by atoms with Crippen LogP contribution in [0.5, 0.6) is 0 Å². The molecule has 1 aromatic rings. The topological polar surface area (TPSA) is 75.7 Å². The van der Waals surface area contributed by atoms with E-state index in [1.54, 1.807) is 0 Å². The molecule has 1 fully saturated rings. The largest absolute Gasteiger partial charge is 0.465 e. The number of piperidine rings is 1. The molecule has 0 aliphatic carbocycles. The van der Waals surface area contributed by atoms with Crippen LogP contribution in [-0.2, 0) is 14.8 Å². The number of nitrogens with one attached hydrogen (secondary N) is 1. The van der Waals surface area contributed by atoms with E-state index in [2.05, 4.69) is 10.1 Å². The highest BCUT2D eigenvalue weighted by Gasteiger charge is 2.29. The van der Waals surface area contributed by atoms with E-state index in [1.165, 1.54) is 35.7 Å².